The molecule has 0 saturated carbocycles. The quantitative estimate of drug-likeness (QED) is 0.708. The van der Waals surface area contributed by atoms with Crippen molar-refractivity contribution in [2.75, 3.05) is 19.7 Å². The number of amides is 1. The Morgan fingerprint density at radius 3 is 2.76 bits per heavy atom. The largest absolute Gasteiger partial charge is 0.477 e. The van der Waals surface area contributed by atoms with Crippen molar-refractivity contribution < 1.29 is 22.3 Å². The molecule has 0 spiro atoms. The van der Waals surface area contributed by atoms with Gasteiger partial charge in [-0.05, 0) is 43.5 Å². The van der Waals surface area contributed by atoms with E-state index in [1.807, 2.05) is 6.92 Å². The van der Waals surface area contributed by atoms with E-state index in [0.29, 0.717) is 31.1 Å². The molecular weight excluding hydrogens is 397 g/mol. The molecule has 0 atom stereocenters. The summed E-state index contributed by atoms with van der Waals surface area (Å²) in [6.07, 6.45) is 3.92. The van der Waals surface area contributed by atoms with Crippen LogP contribution in [0.15, 0.2) is 41.4 Å². The van der Waals surface area contributed by atoms with Crippen LogP contribution in [-0.2, 0) is 16.6 Å². The van der Waals surface area contributed by atoms with Crippen LogP contribution in [0.2, 0.25) is 0 Å². The molecule has 29 heavy (non-hydrogen) atoms. The highest BCUT2D eigenvalue weighted by molar-refractivity contribution is 7.89. The van der Waals surface area contributed by atoms with Crippen LogP contribution in [0.25, 0.3) is 0 Å². The van der Waals surface area contributed by atoms with Crippen LogP contribution in [0.1, 0.15) is 42.1 Å². The summed E-state index contributed by atoms with van der Waals surface area (Å²) >= 11 is 0. The second-order valence-electron chi connectivity index (χ2n) is 6.76. The van der Waals surface area contributed by atoms with E-state index in [-0.39, 0.29) is 12.1 Å². The summed E-state index contributed by atoms with van der Waals surface area (Å²) in [6.45, 7) is 3.36. The highest BCUT2D eigenvalue weighted by Crippen LogP contribution is 2.24. The molecule has 0 aliphatic carbocycles. The van der Waals surface area contributed by atoms with Gasteiger partial charge in [0.05, 0.1) is 6.61 Å². The molecule has 1 aliphatic rings. The van der Waals surface area contributed by atoms with Crippen molar-refractivity contribution in [1.29, 1.82) is 0 Å². The average Bonchev–Trinajstić information content (AvgIpc) is 3.27. The van der Waals surface area contributed by atoms with Gasteiger partial charge in [0.2, 0.25) is 15.9 Å². The maximum absolute atomic E-state index is 14.2. The summed E-state index contributed by atoms with van der Waals surface area (Å²) in [4.78, 5) is 16.2. The van der Waals surface area contributed by atoms with E-state index in [2.05, 4.69) is 10.3 Å². The number of carbonyl (C=O) groups excluding carboxylic acids is 1. The van der Waals surface area contributed by atoms with Gasteiger partial charge in [0, 0.05) is 37.0 Å². The Morgan fingerprint density at radius 1 is 1.28 bits per heavy atom. The molecule has 1 N–H and O–H groups in total. The van der Waals surface area contributed by atoms with E-state index < -0.39 is 26.6 Å². The monoisotopic (exact) mass is 421 g/mol. The van der Waals surface area contributed by atoms with Crippen molar-refractivity contribution in [1.82, 2.24) is 14.6 Å². The standard InChI is InChI=1S/C20H24FN3O4S/c1-2-12-28-20-16(6-5-9-22-20)14-23-19(25)15-7-8-17(21)18(13-15)29(26,27)24-10-3-4-11-24/h5-9,13H,2-4,10-12,14H2,1H3,(H,23,25). The molecule has 1 aromatic heterocycles. The first kappa shape index (κ1) is 21.2. The van der Waals surface area contributed by atoms with Gasteiger partial charge in [-0.25, -0.2) is 17.8 Å². The lowest BCUT2D eigenvalue weighted by Gasteiger charge is -2.16. The fourth-order valence-corrected chi connectivity index (χ4v) is 4.68. The van der Waals surface area contributed by atoms with Gasteiger partial charge in [-0.1, -0.05) is 13.0 Å². The molecule has 1 aliphatic heterocycles. The summed E-state index contributed by atoms with van der Waals surface area (Å²) in [6, 6.07) is 6.89. The van der Waals surface area contributed by atoms with Crippen LogP contribution < -0.4 is 10.1 Å². The molecule has 1 fully saturated rings. The van der Waals surface area contributed by atoms with Crippen LogP contribution in [0.4, 0.5) is 4.39 Å². The Bertz CT molecular complexity index is 975. The SMILES string of the molecule is CCCOc1ncccc1CNC(=O)c1ccc(F)c(S(=O)(=O)N2CCCC2)c1. The number of nitrogens with one attached hydrogen (secondary N) is 1. The number of sulfonamides is 1. The zero-order valence-electron chi connectivity index (χ0n) is 16.2. The number of pyridine rings is 1. The highest BCUT2D eigenvalue weighted by Gasteiger charge is 2.30. The van der Waals surface area contributed by atoms with Gasteiger partial charge < -0.3 is 10.1 Å². The van der Waals surface area contributed by atoms with Crippen LogP contribution in [0, 0.1) is 5.82 Å². The Kier molecular flexibility index (Phi) is 6.81. The highest BCUT2D eigenvalue weighted by atomic mass is 32.2. The molecule has 0 bridgehead atoms. The van der Waals surface area contributed by atoms with Gasteiger partial charge in [0.15, 0.2) is 0 Å². The molecule has 0 radical (unpaired) electrons. The molecule has 7 nitrogen and oxygen atoms in total. The number of rotatable bonds is 8. The van der Waals surface area contributed by atoms with Gasteiger partial charge in [-0.2, -0.15) is 4.31 Å². The van der Waals surface area contributed by atoms with Crippen molar-refractivity contribution in [2.24, 2.45) is 0 Å². The van der Waals surface area contributed by atoms with Gasteiger partial charge in [-0.3, -0.25) is 4.79 Å². The van der Waals surface area contributed by atoms with Crippen LogP contribution >= 0.6 is 0 Å². The zero-order chi connectivity index (χ0) is 20.9. The predicted molar refractivity (Wildman–Crippen MR) is 106 cm³/mol. The van der Waals surface area contributed by atoms with E-state index >= 15 is 0 Å². The Morgan fingerprint density at radius 2 is 2.03 bits per heavy atom. The maximum atomic E-state index is 14.2. The van der Waals surface area contributed by atoms with Crippen molar-refractivity contribution in [3.63, 3.8) is 0 Å². The molecule has 1 amide bonds. The second kappa shape index (κ2) is 9.32. The lowest BCUT2D eigenvalue weighted by Crippen LogP contribution is -2.29. The van der Waals surface area contributed by atoms with Crippen LogP contribution in [-0.4, -0.2) is 43.3 Å². The smallest absolute Gasteiger partial charge is 0.251 e. The molecule has 9 heteroatoms. The lowest BCUT2D eigenvalue weighted by atomic mass is 10.2. The van der Waals surface area contributed by atoms with Crippen molar-refractivity contribution in [2.45, 2.75) is 37.6 Å². The summed E-state index contributed by atoms with van der Waals surface area (Å²) in [7, 11) is -3.96. The number of hydrogen-bond acceptors (Lipinski definition) is 5. The van der Waals surface area contributed by atoms with E-state index in [0.717, 1.165) is 31.4 Å². The number of ether oxygens (including phenoxy) is 1. The van der Waals surface area contributed by atoms with E-state index in [4.69, 9.17) is 4.74 Å². The fraction of sp³-hybridized carbons (Fsp3) is 0.400. The minimum Gasteiger partial charge on any atom is -0.477 e. The topological polar surface area (TPSA) is 88.6 Å². The molecular formula is C20H24FN3O4S. The van der Waals surface area contributed by atoms with Gasteiger partial charge in [0.25, 0.3) is 5.91 Å². The van der Waals surface area contributed by atoms with Gasteiger partial charge >= 0.3 is 0 Å². The number of halogens is 1. The number of benzene rings is 1. The van der Waals surface area contributed by atoms with E-state index in [1.165, 1.54) is 10.4 Å². The predicted octanol–water partition coefficient (Wildman–Crippen LogP) is 2.72. The maximum Gasteiger partial charge on any atom is 0.251 e. The summed E-state index contributed by atoms with van der Waals surface area (Å²) < 4.78 is 46.4. The van der Waals surface area contributed by atoms with Crippen LogP contribution in [0.5, 0.6) is 5.88 Å². The minimum absolute atomic E-state index is 0.0732. The van der Waals surface area contributed by atoms with Gasteiger partial charge in [-0.15, -0.1) is 0 Å². The Balaban J connectivity index is 1.75. The van der Waals surface area contributed by atoms with Crippen molar-refractivity contribution in [3.8, 4) is 5.88 Å². The average molecular weight is 421 g/mol. The molecule has 2 heterocycles. The normalized spacial score (nSPS) is 14.7. The minimum atomic E-state index is -3.96. The summed E-state index contributed by atoms with van der Waals surface area (Å²) in [5.74, 6) is -0.935. The molecule has 156 valence electrons. The molecule has 3 rings (SSSR count). The third kappa shape index (κ3) is 4.91. The molecule has 2 aromatic rings. The third-order valence-corrected chi connectivity index (χ3v) is 6.52. The second-order valence-corrected chi connectivity index (χ2v) is 8.66. The zero-order valence-corrected chi connectivity index (χ0v) is 17.0. The number of hydrogen-bond donors (Lipinski definition) is 1. The Labute approximate surface area is 169 Å². The van der Waals surface area contributed by atoms with Crippen LogP contribution in [0.3, 0.4) is 0 Å². The molecule has 1 aromatic carbocycles. The summed E-state index contributed by atoms with van der Waals surface area (Å²) in [5, 5.41) is 2.71. The van der Waals surface area contributed by atoms with E-state index in [9.17, 15) is 17.6 Å². The first-order chi connectivity index (χ1) is 13.9. The number of nitrogens with zero attached hydrogens (tertiary/aromatic N) is 2. The first-order valence-corrected chi connectivity index (χ1v) is 11.0. The fourth-order valence-electron chi connectivity index (χ4n) is 3.07. The molecule has 1 saturated heterocycles. The van der Waals surface area contributed by atoms with Crippen molar-refractivity contribution >= 4 is 15.9 Å². The number of carbonyl (C=O) groups is 1. The first-order valence-electron chi connectivity index (χ1n) is 9.58. The van der Waals surface area contributed by atoms with Crippen molar-refractivity contribution in [3.05, 3.63) is 53.5 Å². The number of aromatic nitrogens is 1. The summed E-state index contributed by atoms with van der Waals surface area (Å²) in [5.41, 5.74) is 0.769. The van der Waals surface area contributed by atoms with E-state index in [1.54, 1.807) is 18.3 Å². The lowest BCUT2D eigenvalue weighted by molar-refractivity contribution is 0.0950. The third-order valence-electron chi connectivity index (χ3n) is 4.61. The Hall–Kier alpha value is -2.52. The molecule has 0 unspecified atom stereocenters. The van der Waals surface area contributed by atoms with Gasteiger partial charge in [0.1, 0.15) is 10.7 Å².